The summed E-state index contributed by atoms with van der Waals surface area (Å²) in [6, 6.07) is -0.296. The van der Waals surface area contributed by atoms with Crippen LogP contribution in [0.1, 0.15) is 51.4 Å². The van der Waals surface area contributed by atoms with E-state index in [1.807, 2.05) is 0 Å². The number of amidine groups is 1. The molecular weight excluding hydrogens is 302 g/mol. The van der Waals surface area contributed by atoms with Gasteiger partial charge in [0.1, 0.15) is 11.4 Å². The van der Waals surface area contributed by atoms with E-state index in [4.69, 9.17) is 4.74 Å². The summed E-state index contributed by atoms with van der Waals surface area (Å²) in [4.78, 5) is 4.22. The van der Waals surface area contributed by atoms with Crippen LogP contribution in [-0.2, 0) is 14.8 Å². The second-order valence-corrected chi connectivity index (χ2v) is 8.05. The summed E-state index contributed by atoms with van der Waals surface area (Å²) >= 11 is 0. The van der Waals surface area contributed by atoms with Gasteiger partial charge in [-0.25, -0.2) is 26.9 Å². The number of nitrogens with zero attached hydrogens (tertiary/aromatic N) is 1. The lowest BCUT2D eigenvalue weighted by Gasteiger charge is -2.36. The number of sulfonamides is 1. The fourth-order valence-corrected chi connectivity index (χ4v) is 4.86. The molecule has 3 rings (SSSR count). The Labute approximate surface area is 123 Å². The standard InChI is InChI=1S/C13H20F2N2O3S/c14-13(15)7-5-9(6-8-13)16-12-17-21(18,19)11-4-2-1-3-10(11)20-12/h9-11H,1-8H2,(H,16,17). The van der Waals surface area contributed by atoms with Crippen LogP contribution >= 0.6 is 0 Å². The molecule has 8 heteroatoms. The normalized spacial score (nSPS) is 37.3. The summed E-state index contributed by atoms with van der Waals surface area (Å²) < 4.78 is 58.6. The molecule has 5 nitrogen and oxygen atoms in total. The Balaban J connectivity index is 1.70. The third kappa shape index (κ3) is 3.30. The highest BCUT2D eigenvalue weighted by atomic mass is 32.2. The molecule has 0 spiro atoms. The molecule has 1 saturated heterocycles. The molecule has 2 aliphatic carbocycles. The Morgan fingerprint density at radius 3 is 2.52 bits per heavy atom. The molecule has 0 bridgehead atoms. The van der Waals surface area contributed by atoms with Crippen LogP contribution in [0.15, 0.2) is 4.99 Å². The summed E-state index contributed by atoms with van der Waals surface area (Å²) in [5.41, 5.74) is 0. The zero-order chi connectivity index (χ0) is 15.1. The van der Waals surface area contributed by atoms with Crippen molar-refractivity contribution in [2.75, 3.05) is 0 Å². The Bertz CT molecular complexity index is 526. The molecular formula is C13H20F2N2O3S. The zero-order valence-electron chi connectivity index (χ0n) is 11.7. The number of halogens is 2. The van der Waals surface area contributed by atoms with Crippen LogP contribution < -0.4 is 4.72 Å². The summed E-state index contributed by atoms with van der Waals surface area (Å²) in [7, 11) is -3.46. The maximum atomic E-state index is 13.1. The van der Waals surface area contributed by atoms with Crippen LogP contribution in [0.4, 0.5) is 8.78 Å². The fraction of sp³-hybridized carbons (Fsp3) is 0.923. The maximum Gasteiger partial charge on any atom is 0.299 e. The highest BCUT2D eigenvalue weighted by molar-refractivity contribution is 7.90. The maximum absolute atomic E-state index is 13.1. The number of rotatable bonds is 1. The summed E-state index contributed by atoms with van der Waals surface area (Å²) in [5.74, 6) is -2.61. The minimum Gasteiger partial charge on any atom is -0.460 e. The SMILES string of the molecule is O=S1(=O)NC(=NC2CCC(F)(F)CC2)OC2CCCCC21. The quantitative estimate of drug-likeness (QED) is 0.804. The van der Waals surface area contributed by atoms with Crippen LogP contribution in [0.2, 0.25) is 0 Å². The van der Waals surface area contributed by atoms with Crippen molar-refractivity contribution in [3.05, 3.63) is 0 Å². The first kappa shape index (κ1) is 15.0. The highest BCUT2D eigenvalue weighted by Crippen LogP contribution is 2.35. The molecule has 2 unspecified atom stereocenters. The molecule has 2 atom stereocenters. The van der Waals surface area contributed by atoms with Crippen molar-refractivity contribution >= 4 is 16.0 Å². The molecule has 1 heterocycles. The van der Waals surface area contributed by atoms with Crippen molar-refractivity contribution in [1.29, 1.82) is 0 Å². The lowest BCUT2D eigenvalue weighted by atomic mass is 9.93. The Hall–Kier alpha value is -0.920. The lowest BCUT2D eigenvalue weighted by Crippen LogP contribution is -2.54. The smallest absolute Gasteiger partial charge is 0.299 e. The van der Waals surface area contributed by atoms with Gasteiger partial charge in [0.05, 0.1) is 6.04 Å². The Morgan fingerprint density at radius 1 is 1.14 bits per heavy atom. The number of fused-ring (bicyclic) bond motifs is 1. The van der Waals surface area contributed by atoms with Crippen molar-refractivity contribution in [3.63, 3.8) is 0 Å². The van der Waals surface area contributed by atoms with Crippen LogP contribution in [0.25, 0.3) is 0 Å². The van der Waals surface area contributed by atoms with Crippen molar-refractivity contribution in [3.8, 4) is 0 Å². The molecule has 1 N–H and O–H groups in total. The van der Waals surface area contributed by atoms with E-state index in [1.54, 1.807) is 0 Å². The number of nitrogens with one attached hydrogen (secondary N) is 1. The van der Waals surface area contributed by atoms with Gasteiger partial charge in [-0.05, 0) is 32.1 Å². The van der Waals surface area contributed by atoms with Gasteiger partial charge in [0.15, 0.2) is 0 Å². The van der Waals surface area contributed by atoms with Crippen LogP contribution in [0, 0.1) is 0 Å². The first-order valence-electron chi connectivity index (χ1n) is 7.50. The summed E-state index contributed by atoms with van der Waals surface area (Å²) in [6.45, 7) is 0. The average molecular weight is 322 g/mol. The van der Waals surface area contributed by atoms with Crippen LogP contribution in [0.5, 0.6) is 0 Å². The largest absolute Gasteiger partial charge is 0.460 e. The minimum absolute atomic E-state index is 0.00614. The first-order valence-corrected chi connectivity index (χ1v) is 9.04. The minimum atomic E-state index is -3.46. The van der Waals surface area contributed by atoms with E-state index in [1.165, 1.54) is 0 Å². The van der Waals surface area contributed by atoms with Gasteiger partial charge in [0, 0.05) is 12.8 Å². The highest BCUT2D eigenvalue weighted by Gasteiger charge is 2.43. The molecule has 2 saturated carbocycles. The van der Waals surface area contributed by atoms with Crippen molar-refractivity contribution in [2.45, 2.75) is 74.7 Å². The van der Waals surface area contributed by atoms with Crippen molar-refractivity contribution in [1.82, 2.24) is 4.72 Å². The topological polar surface area (TPSA) is 67.8 Å². The third-order valence-electron chi connectivity index (χ3n) is 4.52. The van der Waals surface area contributed by atoms with Crippen molar-refractivity contribution < 1.29 is 21.9 Å². The van der Waals surface area contributed by atoms with Gasteiger partial charge in [0.2, 0.25) is 15.9 Å². The predicted molar refractivity (Wildman–Crippen MR) is 73.8 cm³/mol. The van der Waals surface area contributed by atoms with E-state index in [9.17, 15) is 17.2 Å². The molecule has 3 fully saturated rings. The fourth-order valence-electron chi connectivity index (χ4n) is 3.29. The molecule has 0 aromatic heterocycles. The number of alkyl halides is 2. The molecule has 1 aliphatic heterocycles. The van der Waals surface area contributed by atoms with Gasteiger partial charge < -0.3 is 4.74 Å². The van der Waals surface area contributed by atoms with E-state index in [-0.39, 0.29) is 43.9 Å². The third-order valence-corrected chi connectivity index (χ3v) is 6.32. The van der Waals surface area contributed by atoms with E-state index < -0.39 is 21.2 Å². The molecule has 0 aromatic rings. The van der Waals surface area contributed by atoms with E-state index in [2.05, 4.69) is 9.71 Å². The molecule has 0 amide bonds. The summed E-state index contributed by atoms with van der Waals surface area (Å²) in [6.07, 6.45) is 2.89. The van der Waals surface area contributed by atoms with Crippen molar-refractivity contribution in [2.24, 2.45) is 4.99 Å². The number of hydrogen-bond acceptors (Lipinski definition) is 4. The first-order chi connectivity index (χ1) is 9.86. The second-order valence-electron chi connectivity index (χ2n) is 6.15. The van der Waals surface area contributed by atoms with E-state index >= 15 is 0 Å². The molecule has 3 aliphatic rings. The number of ether oxygens (including phenoxy) is 1. The second kappa shape index (κ2) is 5.37. The Morgan fingerprint density at radius 2 is 1.81 bits per heavy atom. The predicted octanol–water partition coefficient (Wildman–Crippen LogP) is 2.18. The van der Waals surface area contributed by atoms with Gasteiger partial charge >= 0.3 is 0 Å². The molecule has 21 heavy (non-hydrogen) atoms. The van der Waals surface area contributed by atoms with Gasteiger partial charge in [-0.1, -0.05) is 6.42 Å². The number of aliphatic imine (C=N–C) groups is 1. The zero-order valence-corrected chi connectivity index (χ0v) is 12.5. The molecule has 0 radical (unpaired) electrons. The van der Waals surface area contributed by atoms with Gasteiger partial charge in [-0.2, -0.15) is 0 Å². The molecule has 120 valence electrons. The van der Waals surface area contributed by atoms with E-state index in [0.29, 0.717) is 12.8 Å². The van der Waals surface area contributed by atoms with E-state index in [0.717, 1.165) is 12.8 Å². The van der Waals surface area contributed by atoms with Crippen LogP contribution in [0.3, 0.4) is 0 Å². The average Bonchev–Trinajstić information content (AvgIpc) is 2.41. The monoisotopic (exact) mass is 322 g/mol. The van der Waals surface area contributed by atoms with Crippen LogP contribution in [-0.4, -0.2) is 37.8 Å². The molecule has 0 aromatic carbocycles. The number of hydrogen-bond donors (Lipinski definition) is 1. The lowest BCUT2D eigenvalue weighted by molar-refractivity contribution is -0.0376. The summed E-state index contributed by atoms with van der Waals surface area (Å²) in [5, 5.41) is -0.513. The van der Waals surface area contributed by atoms with Gasteiger partial charge in [-0.15, -0.1) is 0 Å². The Kier molecular flexibility index (Phi) is 3.83. The van der Waals surface area contributed by atoms with Gasteiger partial charge in [0.25, 0.3) is 6.02 Å². The van der Waals surface area contributed by atoms with Gasteiger partial charge in [-0.3, -0.25) is 0 Å².